The first-order valence-electron chi connectivity index (χ1n) is 3.26. The van der Waals surface area contributed by atoms with Crippen LogP contribution in [0, 0.1) is 0 Å². The Bertz CT molecular complexity index is 244. The fourth-order valence-electron chi connectivity index (χ4n) is 0.765. The average Bonchev–Trinajstić information content (AvgIpc) is 2.07. The Balaban J connectivity index is 2.85. The summed E-state index contributed by atoms with van der Waals surface area (Å²) < 4.78 is 0. The fourth-order valence-corrected chi connectivity index (χ4v) is 0.893. The van der Waals surface area contributed by atoms with Gasteiger partial charge in [0.25, 0.3) is 0 Å². The van der Waals surface area contributed by atoms with E-state index in [-0.39, 0.29) is 6.00 Å². The Kier molecular flexibility index (Phi) is 2.93. The van der Waals surface area contributed by atoms with Crippen molar-refractivity contribution in [3.05, 3.63) is 35.9 Å². The van der Waals surface area contributed by atoms with E-state index in [9.17, 15) is 0 Å². The number of hydrogen-bond acceptors (Lipinski definition) is 1. The largest absolute Gasteiger partial charge is 0.383 e. The van der Waals surface area contributed by atoms with Crippen LogP contribution in [0.3, 0.4) is 0 Å². The van der Waals surface area contributed by atoms with Crippen LogP contribution >= 0.6 is 11.6 Å². The molecule has 1 rings (SSSR count). The molecular formula is C8H9ClN2. The van der Waals surface area contributed by atoms with E-state index < -0.39 is 0 Å². The first-order chi connectivity index (χ1) is 5.34. The molecule has 0 saturated heterocycles. The number of hydrogen-bond donors (Lipinski definition) is 1. The lowest BCUT2D eigenvalue weighted by molar-refractivity contribution is 1.33. The van der Waals surface area contributed by atoms with E-state index in [2.05, 4.69) is 4.99 Å². The zero-order valence-corrected chi connectivity index (χ0v) is 6.75. The summed E-state index contributed by atoms with van der Waals surface area (Å²) in [5, 5.41) is 0. The van der Waals surface area contributed by atoms with Crippen LogP contribution < -0.4 is 5.73 Å². The van der Waals surface area contributed by atoms with Crippen LogP contribution in [0.25, 0.3) is 0 Å². The SMILES string of the molecule is N/C(=N\CCl)c1ccccc1. The maximum atomic E-state index is 5.57. The summed E-state index contributed by atoms with van der Waals surface area (Å²) >= 11 is 5.38. The van der Waals surface area contributed by atoms with Crippen LogP contribution in [0.15, 0.2) is 35.3 Å². The number of alkyl halides is 1. The molecule has 0 bridgehead atoms. The van der Waals surface area contributed by atoms with Gasteiger partial charge in [0.1, 0.15) is 11.8 Å². The summed E-state index contributed by atoms with van der Waals surface area (Å²) in [5.41, 5.74) is 6.48. The van der Waals surface area contributed by atoms with Crippen molar-refractivity contribution in [1.82, 2.24) is 0 Å². The lowest BCUT2D eigenvalue weighted by Crippen LogP contribution is -2.12. The first kappa shape index (κ1) is 8.08. The minimum atomic E-state index is 0.209. The van der Waals surface area contributed by atoms with Crippen LogP contribution in [0.1, 0.15) is 5.56 Å². The lowest BCUT2D eigenvalue weighted by atomic mass is 10.2. The van der Waals surface area contributed by atoms with Gasteiger partial charge in [-0.25, -0.2) is 0 Å². The monoisotopic (exact) mass is 168 g/mol. The Hall–Kier alpha value is -1.02. The van der Waals surface area contributed by atoms with Gasteiger partial charge in [-0.3, -0.25) is 4.99 Å². The predicted molar refractivity (Wildman–Crippen MR) is 47.9 cm³/mol. The highest BCUT2D eigenvalue weighted by Crippen LogP contribution is 1.97. The first-order valence-corrected chi connectivity index (χ1v) is 3.79. The predicted octanol–water partition coefficient (Wildman–Crippen LogP) is 1.59. The van der Waals surface area contributed by atoms with Gasteiger partial charge in [0.2, 0.25) is 0 Å². The molecule has 3 heteroatoms. The van der Waals surface area contributed by atoms with E-state index >= 15 is 0 Å². The quantitative estimate of drug-likeness (QED) is 0.310. The number of rotatable bonds is 2. The maximum Gasteiger partial charge on any atom is 0.126 e. The molecule has 1 aromatic carbocycles. The van der Waals surface area contributed by atoms with Gasteiger partial charge in [-0.15, -0.1) is 11.6 Å². The van der Waals surface area contributed by atoms with Crippen molar-refractivity contribution >= 4 is 17.4 Å². The number of halogens is 1. The highest BCUT2D eigenvalue weighted by atomic mass is 35.5. The number of nitrogens with zero attached hydrogens (tertiary/aromatic N) is 1. The minimum absolute atomic E-state index is 0.209. The second-order valence-corrected chi connectivity index (χ2v) is 2.27. The Morgan fingerprint density at radius 1 is 1.36 bits per heavy atom. The summed E-state index contributed by atoms with van der Waals surface area (Å²) in [4.78, 5) is 3.85. The Morgan fingerprint density at radius 3 is 2.55 bits per heavy atom. The van der Waals surface area contributed by atoms with Gasteiger partial charge >= 0.3 is 0 Å². The summed E-state index contributed by atoms with van der Waals surface area (Å²) in [6, 6.07) is 9.74. The molecule has 2 nitrogen and oxygen atoms in total. The van der Waals surface area contributed by atoms with Crippen LogP contribution in [0.2, 0.25) is 0 Å². The van der Waals surface area contributed by atoms with E-state index in [1.165, 1.54) is 0 Å². The van der Waals surface area contributed by atoms with Gasteiger partial charge in [-0.2, -0.15) is 0 Å². The Morgan fingerprint density at radius 2 is 2.00 bits per heavy atom. The maximum absolute atomic E-state index is 5.57. The molecule has 0 aliphatic rings. The number of benzene rings is 1. The van der Waals surface area contributed by atoms with Crippen molar-refractivity contribution in [2.45, 2.75) is 0 Å². The third-order valence-corrected chi connectivity index (χ3v) is 1.42. The molecule has 0 amide bonds. The molecule has 2 N–H and O–H groups in total. The molecule has 1 aromatic rings. The summed E-state index contributed by atoms with van der Waals surface area (Å²) in [7, 11) is 0. The van der Waals surface area contributed by atoms with Crippen LogP contribution in [0.4, 0.5) is 0 Å². The van der Waals surface area contributed by atoms with E-state index in [1.54, 1.807) is 0 Å². The summed E-state index contributed by atoms with van der Waals surface area (Å²) in [5.74, 6) is 0.487. The molecule has 0 saturated carbocycles. The van der Waals surface area contributed by atoms with E-state index in [4.69, 9.17) is 17.3 Å². The highest BCUT2D eigenvalue weighted by molar-refractivity contribution is 6.18. The second-order valence-electron chi connectivity index (χ2n) is 2.03. The molecule has 0 radical (unpaired) electrons. The Labute approximate surface area is 70.7 Å². The summed E-state index contributed by atoms with van der Waals surface area (Å²) in [6.45, 7) is 0. The second kappa shape index (κ2) is 3.98. The van der Waals surface area contributed by atoms with Crippen molar-refractivity contribution in [2.24, 2.45) is 10.7 Å². The molecule has 0 atom stereocenters. The van der Waals surface area contributed by atoms with Crippen molar-refractivity contribution in [3.8, 4) is 0 Å². The van der Waals surface area contributed by atoms with Crippen LogP contribution in [0.5, 0.6) is 0 Å². The lowest BCUT2D eigenvalue weighted by Gasteiger charge is -1.97. The molecule has 11 heavy (non-hydrogen) atoms. The van der Waals surface area contributed by atoms with Gasteiger partial charge < -0.3 is 5.73 Å². The van der Waals surface area contributed by atoms with Crippen molar-refractivity contribution in [1.29, 1.82) is 0 Å². The standard InChI is InChI=1S/C8H9ClN2/c9-6-11-8(10)7-4-2-1-3-5-7/h1-5H,6H2,(H2,10,11). The number of nitrogens with two attached hydrogens (primary N) is 1. The fraction of sp³-hybridized carbons (Fsp3) is 0.125. The van der Waals surface area contributed by atoms with Gasteiger partial charge in [-0.05, 0) is 0 Å². The topological polar surface area (TPSA) is 38.4 Å². The number of amidine groups is 1. The summed E-state index contributed by atoms with van der Waals surface area (Å²) in [6.07, 6.45) is 0. The molecule has 0 aromatic heterocycles. The third-order valence-electron chi connectivity index (χ3n) is 1.30. The zero-order valence-electron chi connectivity index (χ0n) is 6.00. The molecule has 58 valence electrons. The van der Waals surface area contributed by atoms with E-state index in [0.717, 1.165) is 5.56 Å². The van der Waals surface area contributed by atoms with E-state index in [1.807, 2.05) is 30.3 Å². The highest BCUT2D eigenvalue weighted by Gasteiger charge is 1.93. The smallest absolute Gasteiger partial charge is 0.126 e. The van der Waals surface area contributed by atoms with Gasteiger partial charge in [0.15, 0.2) is 0 Å². The zero-order chi connectivity index (χ0) is 8.10. The van der Waals surface area contributed by atoms with Crippen LogP contribution in [-0.4, -0.2) is 11.8 Å². The molecule has 0 heterocycles. The molecule has 0 unspecified atom stereocenters. The molecule has 0 spiro atoms. The third kappa shape index (κ3) is 2.24. The molecule has 0 aliphatic heterocycles. The van der Waals surface area contributed by atoms with Gasteiger partial charge in [0.05, 0.1) is 0 Å². The van der Waals surface area contributed by atoms with Crippen molar-refractivity contribution in [2.75, 3.05) is 6.00 Å². The minimum Gasteiger partial charge on any atom is -0.383 e. The van der Waals surface area contributed by atoms with Crippen molar-refractivity contribution in [3.63, 3.8) is 0 Å². The van der Waals surface area contributed by atoms with E-state index in [0.29, 0.717) is 5.84 Å². The normalized spacial score (nSPS) is 11.5. The average molecular weight is 169 g/mol. The molecule has 0 aliphatic carbocycles. The van der Waals surface area contributed by atoms with Gasteiger partial charge in [0, 0.05) is 5.56 Å². The molecular weight excluding hydrogens is 160 g/mol. The van der Waals surface area contributed by atoms with Crippen molar-refractivity contribution < 1.29 is 0 Å². The molecule has 0 fully saturated rings. The van der Waals surface area contributed by atoms with Crippen LogP contribution in [-0.2, 0) is 0 Å². The van der Waals surface area contributed by atoms with Gasteiger partial charge in [-0.1, -0.05) is 30.3 Å². The number of aliphatic imine (C=N–C) groups is 1.